The second kappa shape index (κ2) is 5.28. The number of hydrogen-bond acceptors (Lipinski definition) is 4. The molecule has 0 radical (unpaired) electrons. The highest BCUT2D eigenvalue weighted by Crippen LogP contribution is 2.26. The Balaban J connectivity index is 2.79. The zero-order valence-corrected chi connectivity index (χ0v) is 11.0. The third kappa shape index (κ3) is 4.30. The Morgan fingerprint density at radius 3 is 2.47 bits per heavy atom. The molecule has 19 heavy (non-hydrogen) atoms. The van der Waals surface area contributed by atoms with Gasteiger partial charge in [0, 0.05) is 6.54 Å². The van der Waals surface area contributed by atoms with Gasteiger partial charge in [-0.15, -0.1) is 0 Å². The van der Waals surface area contributed by atoms with Crippen molar-refractivity contribution in [3.8, 4) is 0 Å². The Morgan fingerprint density at radius 2 is 2.00 bits per heavy atom. The van der Waals surface area contributed by atoms with Crippen LogP contribution in [-0.4, -0.2) is 59.4 Å². The average molecular weight is 281 g/mol. The van der Waals surface area contributed by atoms with Gasteiger partial charge in [0.25, 0.3) is 0 Å². The van der Waals surface area contributed by atoms with Gasteiger partial charge >= 0.3 is 18.0 Å². The van der Waals surface area contributed by atoms with Crippen molar-refractivity contribution in [3.05, 3.63) is 0 Å². The molecule has 0 aromatic rings. The van der Waals surface area contributed by atoms with Crippen LogP contribution in [0.5, 0.6) is 0 Å². The van der Waals surface area contributed by atoms with Crippen molar-refractivity contribution >= 4 is 12.1 Å². The molecule has 1 rings (SSSR count). The number of hydrogen-bond donors (Lipinski definition) is 1. The van der Waals surface area contributed by atoms with Gasteiger partial charge in [-0.25, -0.2) is 18.4 Å². The van der Waals surface area contributed by atoms with Crippen LogP contribution in [0.2, 0.25) is 0 Å². The van der Waals surface area contributed by atoms with Crippen molar-refractivity contribution in [1.29, 1.82) is 0 Å². The van der Waals surface area contributed by atoms with Crippen LogP contribution in [0, 0.1) is 0 Å². The Morgan fingerprint density at radius 1 is 1.42 bits per heavy atom. The van der Waals surface area contributed by atoms with Gasteiger partial charge in [-0.05, 0) is 20.8 Å². The molecule has 1 aliphatic heterocycles. The number of carbonyl (C=O) groups excluding carboxylic acids is 1. The quantitative estimate of drug-likeness (QED) is 0.785. The summed E-state index contributed by atoms with van der Waals surface area (Å²) in [6.07, 6.45) is -3.17. The summed E-state index contributed by atoms with van der Waals surface area (Å²) in [5.41, 5.74) is -0.814. The first kappa shape index (κ1) is 15.6. The van der Waals surface area contributed by atoms with Crippen molar-refractivity contribution < 1.29 is 33.0 Å². The zero-order chi connectivity index (χ0) is 14.8. The molecule has 0 aromatic heterocycles. The topological polar surface area (TPSA) is 76.1 Å². The summed E-state index contributed by atoms with van der Waals surface area (Å²) >= 11 is 0. The van der Waals surface area contributed by atoms with Gasteiger partial charge in [0.15, 0.2) is 0 Å². The number of ether oxygens (including phenoxy) is 2. The summed E-state index contributed by atoms with van der Waals surface area (Å²) < 4.78 is 36.9. The van der Waals surface area contributed by atoms with E-state index in [-0.39, 0.29) is 13.2 Å². The lowest BCUT2D eigenvalue weighted by molar-refractivity contribution is -0.176. The average Bonchev–Trinajstić information content (AvgIpc) is 2.33. The van der Waals surface area contributed by atoms with Gasteiger partial charge in [-0.1, -0.05) is 0 Å². The highest BCUT2D eigenvalue weighted by atomic mass is 19.3. The molecule has 0 bridgehead atoms. The lowest BCUT2D eigenvalue weighted by Gasteiger charge is -2.28. The van der Waals surface area contributed by atoms with Gasteiger partial charge in [-0.3, -0.25) is 4.90 Å². The van der Waals surface area contributed by atoms with Crippen molar-refractivity contribution in [3.63, 3.8) is 0 Å². The Kier molecular flexibility index (Phi) is 4.34. The highest BCUT2D eigenvalue weighted by molar-refractivity contribution is 5.74. The Labute approximate surface area is 109 Å². The van der Waals surface area contributed by atoms with E-state index in [4.69, 9.17) is 9.84 Å². The van der Waals surface area contributed by atoms with Crippen LogP contribution >= 0.6 is 0 Å². The van der Waals surface area contributed by atoms with E-state index < -0.39 is 36.2 Å². The normalized spacial score (nSPS) is 23.6. The van der Waals surface area contributed by atoms with Crippen LogP contribution in [0.4, 0.5) is 13.6 Å². The van der Waals surface area contributed by atoms with E-state index in [0.717, 1.165) is 4.90 Å². The van der Waals surface area contributed by atoms with Gasteiger partial charge in [-0.2, -0.15) is 0 Å². The maximum absolute atomic E-state index is 13.7. The first-order valence-corrected chi connectivity index (χ1v) is 5.73. The maximum atomic E-state index is 13.7. The minimum atomic E-state index is -3.67. The summed E-state index contributed by atoms with van der Waals surface area (Å²) in [6, 6.07) is 0. The van der Waals surface area contributed by atoms with E-state index in [1.165, 1.54) is 0 Å². The van der Waals surface area contributed by atoms with Crippen LogP contribution in [0.25, 0.3) is 0 Å². The van der Waals surface area contributed by atoms with Crippen LogP contribution < -0.4 is 0 Å². The number of rotatable bonds is 1. The fraction of sp³-hybridized carbons (Fsp3) is 0.818. The predicted molar refractivity (Wildman–Crippen MR) is 60.1 cm³/mol. The van der Waals surface area contributed by atoms with E-state index >= 15 is 0 Å². The van der Waals surface area contributed by atoms with Crippen LogP contribution in [0.3, 0.4) is 0 Å². The zero-order valence-electron chi connectivity index (χ0n) is 11.0. The third-order valence-corrected chi connectivity index (χ3v) is 2.31. The predicted octanol–water partition coefficient (Wildman–Crippen LogP) is 1.34. The summed E-state index contributed by atoms with van der Waals surface area (Å²) in [7, 11) is 0. The second-order valence-electron chi connectivity index (χ2n) is 5.25. The molecule has 1 fully saturated rings. The lowest BCUT2D eigenvalue weighted by atomic mass is 10.2. The smallest absolute Gasteiger partial charge is 0.410 e. The molecular weight excluding hydrogens is 264 g/mol. The van der Waals surface area contributed by atoms with E-state index in [9.17, 15) is 18.4 Å². The number of amides is 1. The lowest BCUT2D eigenvalue weighted by Crippen LogP contribution is -2.49. The van der Waals surface area contributed by atoms with Gasteiger partial charge in [0.05, 0.1) is 13.2 Å². The van der Waals surface area contributed by atoms with Crippen molar-refractivity contribution in [1.82, 2.24) is 4.90 Å². The molecule has 1 saturated heterocycles. The molecule has 8 heteroatoms. The van der Waals surface area contributed by atoms with E-state index in [1.54, 1.807) is 20.8 Å². The van der Waals surface area contributed by atoms with Crippen LogP contribution in [0.1, 0.15) is 20.8 Å². The summed E-state index contributed by atoms with van der Waals surface area (Å²) in [5, 5.41) is 8.67. The molecule has 1 unspecified atom stereocenters. The number of carbonyl (C=O) groups is 2. The molecule has 0 spiro atoms. The first-order valence-electron chi connectivity index (χ1n) is 5.73. The van der Waals surface area contributed by atoms with Crippen molar-refractivity contribution in [2.75, 3.05) is 19.7 Å². The molecule has 0 saturated carbocycles. The molecule has 1 aliphatic rings. The van der Waals surface area contributed by atoms with Crippen LogP contribution in [0.15, 0.2) is 0 Å². The molecule has 110 valence electrons. The molecule has 1 N–H and O–H groups in total. The fourth-order valence-electron chi connectivity index (χ4n) is 1.55. The van der Waals surface area contributed by atoms with E-state index in [0.29, 0.717) is 0 Å². The molecule has 1 atom stereocenters. The first-order chi connectivity index (χ1) is 8.53. The van der Waals surface area contributed by atoms with Gasteiger partial charge in [0.2, 0.25) is 6.10 Å². The minimum absolute atomic E-state index is 0.145. The van der Waals surface area contributed by atoms with Gasteiger partial charge in [0.1, 0.15) is 5.60 Å². The summed E-state index contributed by atoms with van der Waals surface area (Å²) in [5.74, 6) is -5.42. The number of carboxylic acid groups (broad SMARTS) is 1. The van der Waals surface area contributed by atoms with Crippen molar-refractivity contribution in [2.24, 2.45) is 0 Å². The monoisotopic (exact) mass is 281 g/mol. The molecule has 1 heterocycles. The number of nitrogens with zero attached hydrogens (tertiary/aromatic N) is 1. The molecule has 1 amide bonds. The molecule has 6 nitrogen and oxygen atoms in total. The molecular formula is C11H17F2NO5. The minimum Gasteiger partial charge on any atom is -0.479 e. The third-order valence-electron chi connectivity index (χ3n) is 2.31. The fourth-order valence-corrected chi connectivity index (χ4v) is 1.55. The van der Waals surface area contributed by atoms with E-state index in [2.05, 4.69) is 4.74 Å². The number of alkyl halides is 2. The summed E-state index contributed by atoms with van der Waals surface area (Å²) in [4.78, 5) is 23.1. The van der Waals surface area contributed by atoms with Crippen molar-refractivity contribution in [2.45, 2.75) is 38.4 Å². The highest BCUT2D eigenvalue weighted by Gasteiger charge is 2.50. The number of carboxylic acids is 1. The van der Waals surface area contributed by atoms with Crippen LogP contribution in [-0.2, 0) is 14.3 Å². The maximum Gasteiger partial charge on any atom is 0.410 e. The van der Waals surface area contributed by atoms with Gasteiger partial charge < -0.3 is 14.6 Å². The Hall–Kier alpha value is -1.44. The second-order valence-corrected chi connectivity index (χ2v) is 5.25. The standard InChI is InChI=1S/C11H17F2NO5/c1-10(2,3)19-9(17)14-4-5-18-7(8(15)16)11(12,13)6-14/h7H,4-6H2,1-3H3,(H,15,16). The number of halogens is 2. The Bertz CT molecular complexity index is 367. The number of aliphatic carboxylic acids is 1. The SMILES string of the molecule is CC(C)(C)OC(=O)N1CCOC(C(=O)O)C(F)(F)C1. The largest absolute Gasteiger partial charge is 0.479 e. The summed E-state index contributed by atoms with van der Waals surface area (Å²) in [6.45, 7) is 3.35. The molecule has 0 aromatic carbocycles. The van der Waals surface area contributed by atoms with E-state index in [1.807, 2.05) is 0 Å². The molecule has 0 aliphatic carbocycles.